The maximum absolute atomic E-state index is 13.5. The minimum Gasteiger partial charge on any atom is -0.376 e. The van der Waals surface area contributed by atoms with Crippen molar-refractivity contribution in [3.8, 4) is 10.6 Å². The van der Waals surface area contributed by atoms with Gasteiger partial charge in [0, 0.05) is 20.2 Å². The molecule has 1 aliphatic rings. The highest BCUT2D eigenvalue weighted by atomic mass is 32.1. The van der Waals surface area contributed by atoms with Crippen LogP contribution >= 0.6 is 11.3 Å². The number of aryl methyl sites for hydroxylation is 2. The molecule has 1 aliphatic heterocycles. The molecule has 4 heterocycles. The van der Waals surface area contributed by atoms with Crippen molar-refractivity contribution in [3.63, 3.8) is 0 Å². The Morgan fingerprint density at radius 3 is 2.79 bits per heavy atom. The molecule has 0 spiro atoms. The third-order valence-electron chi connectivity index (χ3n) is 5.92. The first kappa shape index (κ1) is 22.2. The van der Waals surface area contributed by atoms with Crippen LogP contribution in [-0.4, -0.2) is 45.8 Å². The molecule has 1 unspecified atom stereocenters. The van der Waals surface area contributed by atoms with E-state index in [-0.39, 0.29) is 17.9 Å². The molecule has 8 nitrogen and oxygen atoms in total. The monoisotopic (exact) mass is 475 g/mol. The van der Waals surface area contributed by atoms with E-state index in [9.17, 15) is 9.59 Å². The van der Waals surface area contributed by atoms with Gasteiger partial charge in [0.15, 0.2) is 5.65 Å². The molecule has 2 N–H and O–H groups in total. The molecule has 4 aromatic rings. The molecule has 1 saturated heterocycles. The summed E-state index contributed by atoms with van der Waals surface area (Å²) in [6.07, 6.45) is 1.99. The number of hydrogen-bond acceptors (Lipinski definition) is 6. The molecule has 1 atom stereocenters. The fourth-order valence-electron chi connectivity index (χ4n) is 4.26. The summed E-state index contributed by atoms with van der Waals surface area (Å²) >= 11 is 1.56. The fourth-order valence-corrected chi connectivity index (χ4v) is 4.95. The number of rotatable bonds is 6. The number of thiophene rings is 1. The van der Waals surface area contributed by atoms with Gasteiger partial charge in [-0.1, -0.05) is 18.2 Å². The van der Waals surface area contributed by atoms with E-state index in [2.05, 4.69) is 15.7 Å². The number of pyridine rings is 1. The molecule has 0 bridgehead atoms. The van der Waals surface area contributed by atoms with Crippen LogP contribution in [0.5, 0.6) is 0 Å². The summed E-state index contributed by atoms with van der Waals surface area (Å²) in [6, 6.07) is 12.7. The number of anilines is 1. The summed E-state index contributed by atoms with van der Waals surface area (Å²) in [5.41, 5.74) is 3.38. The van der Waals surface area contributed by atoms with Crippen molar-refractivity contribution in [3.05, 3.63) is 64.7 Å². The van der Waals surface area contributed by atoms with E-state index in [0.717, 1.165) is 30.0 Å². The minimum atomic E-state index is -0.319. The van der Waals surface area contributed by atoms with Gasteiger partial charge >= 0.3 is 0 Å². The highest BCUT2D eigenvalue weighted by Crippen LogP contribution is 2.30. The number of para-hydroxylation sites is 1. The van der Waals surface area contributed by atoms with Crippen LogP contribution in [0.25, 0.3) is 21.6 Å². The lowest BCUT2D eigenvalue weighted by molar-refractivity contribution is 0.0858. The number of hydrogen-bond donors (Lipinski definition) is 2. The van der Waals surface area contributed by atoms with Crippen molar-refractivity contribution in [2.75, 3.05) is 18.5 Å². The summed E-state index contributed by atoms with van der Waals surface area (Å²) in [6.45, 7) is 3.04. The summed E-state index contributed by atoms with van der Waals surface area (Å²) in [4.78, 5) is 32.1. The molecule has 3 aromatic heterocycles. The van der Waals surface area contributed by atoms with Crippen LogP contribution < -0.4 is 10.6 Å². The first-order valence-corrected chi connectivity index (χ1v) is 12.1. The summed E-state index contributed by atoms with van der Waals surface area (Å²) in [5.74, 6) is -0.566. The van der Waals surface area contributed by atoms with Crippen LogP contribution in [0.1, 0.15) is 39.3 Å². The van der Waals surface area contributed by atoms with E-state index in [4.69, 9.17) is 9.72 Å². The lowest BCUT2D eigenvalue weighted by Crippen LogP contribution is -2.32. The average molecular weight is 476 g/mol. The fraction of sp³-hybridized carbons (Fsp3) is 0.280. The average Bonchev–Trinajstić information content (AvgIpc) is 3.60. The van der Waals surface area contributed by atoms with Crippen molar-refractivity contribution in [2.24, 2.45) is 7.05 Å². The van der Waals surface area contributed by atoms with Crippen molar-refractivity contribution in [1.82, 2.24) is 20.1 Å². The molecule has 0 aliphatic carbocycles. The molecule has 0 saturated carbocycles. The smallest absolute Gasteiger partial charge is 0.256 e. The van der Waals surface area contributed by atoms with Crippen molar-refractivity contribution in [2.45, 2.75) is 25.9 Å². The standard InChI is InChI=1S/C25H25N5O3S/c1-15-22-18(13-20(21-10-6-12-34-21)27-23(22)30(2)29-15)25(32)28-19-9-4-3-8-17(19)24(31)26-14-16-7-5-11-33-16/h3-4,6,8-10,12-13,16H,5,7,11,14H2,1-2H3,(H,26,31)(H,28,32). The number of nitrogens with one attached hydrogen (secondary N) is 2. The Labute approximate surface area is 201 Å². The van der Waals surface area contributed by atoms with Gasteiger partial charge in [-0.3, -0.25) is 14.3 Å². The number of carbonyl (C=O) groups is 2. The number of benzene rings is 1. The van der Waals surface area contributed by atoms with Crippen LogP contribution in [0, 0.1) is 6.92 Å². The minimum absolute atomic E-state index is 0.0417. The summed E-state index contributed by atoms with van der Waals surface area (Å²) in [5, 5.41) is 13.0. The van der Waals surface area contributed by atoms with E-state index >= 15 is 0 Å². The van der Waals surface area contributed by atoms with Gasteiger partial charge in [-0.2, -0.15) is 5.10 Å². The Bertz CT molecular complexity index is 1360. The molecular weight excluding hydrogens is 450 g/mol. The van der Waals surface area contributed by atoms with E-state index in [1.165, 1.54) is 0 Å². The van der Waals surface area contributed by atoms with Crippen LogP contribution in [0.15, 0.2) is 47.8 Å². The van der Waals surface area contributed by atoms with Crippen molar-refractivity contribution >= 4 is 39.9 Å². The number of amides is 2. The number of ether oxygens (including phenoxy) is 1. The van der Waals surface area contributed by atoms with Gasteiger partial charge in [0.2, 0.25) is 0 Å². The predicted molar refractivity (Wildman–Crippen MR) is 132 cm³/mol. The molecule has 1 aromatic carbocycles. The number of aromatic nitrogens is 3. The van der Waals surface area contributed by atoms with E-state index < -0.39 is 0 Å². The Balaban J connectivity index is 1.46. The Kier molecular flexibility index (Phi) is 6.12. The topological polar surface area (TPSA) is 98.1 Å². The van der Waals surface area contributed by atoms with Crippen molar-refractivity contribution < 1.29 is 14.3 Å². The second-order valence-electron chi connectivity index (χ2n) is 8.28. The molecular formula is C25H25N5O3S. The molecule has 34 heavy (non-hydrogen) atoms. The lowest BCUT2D eigenvalue weighted by Gasteiger charge is -2.14. The van der Waals surface area contributed by atoms with Crippen LogP contribution in [0.2, 0.25) is 0 Å². The van der Waals surface area contributed by atoms with Crippen LogP contribution in [0.4, 0.5) is 5.69 Å². The SMILES string of the molecule is Cc1nn(C)c2nc(-c3cccs3)cc(C(=O)Nc3ccccc3C(=O)NCC3CCCO3)c12. The van der Waals surface area contributed by atoms with Gasteiger partial charge in [0.1, 0.15) is 0 Å². The summed E-state index contributed by atoms with van der Waals surface area (Å²) in [7, 11) is 1.82. The first-order valence-electron chi connectivity index (χ1n) is 11.2. The van der Waals surface area contributed by atoms with Gasteiger partial charge in [-0.05, 0) is 49.4 Å². The molecule has 174 valence electrons. The maximum atomic E-state index is 13.5. The predicted octanol–water partition coefficient (Wildman–Crippen LogP) is 4.17. The molecule has 9 heteroatoms. The molecule has 0 radical (unpaired) electrons. The Morgan fingerprint density at radius 1 is 1.18 bits per heavy atom. The zero-order chi connectivity index (χ0) is 23.7. The summed E-state index contributed by atoms with van der Waals surface area (Å²) < 4.78 is 7.28. The number of nitrogens with zero attached hydrogens (tertiary/aromatic N) is 3. The lowest BCUT2D eigenvalue weighted by atomic mass is 10.1. The third kappa shape index (κ3) is 4.32. The van der Waals surface area contributed by atoms with E-state index in [1.807, 2.05) is 31.5 Å². The van der Waals surface area contributed by atoms with Crippen LogP contribution in [-0.2, 0) is 11.8 Å². The molecule has 1 fully saturated rings. The number of fused-ring (bicyclic) bond motifs is 1. The highest BCUT2D eigenvalue weighted by molar-refractivity contribution is 7.13. The van der Waals surface area contributed by atoms with Gasteiger partial charge in [0.05, 0.1) is 44.6 Å². The maximum Gasteiger partial charge on any atom is 0.256 e. The quantitative estimate of drug-likeness (QED) is 0.436. The molecule has 2 amide bonds. The van der Waals surface area contributed by atoms with E-state index in [1.54, 1.807) is 46.4 Å². The Morgan fingerprint density at radius 2 is 2.03 bits per heavy atom. The zero-order valence-corrected chi connectivity index (χ0v) is 19.8. The molecule has 5 rings (SSSR count). The first-order chi connectivity index (χ1) is 16.5. The van der Waals surface area contributed by atoms with Gasteiger partial charge in [-0.15, -0.1) is 11.3 Å². The normalized spacial score (nSPS) is 15.5. The third-order valence-corrected chi connectivity index (χ3v) is 6.81. The second kappa shape index (κ2) is 9.36. The van der Waals surface area contributed by atoms with E-state index in [0.29, 0.717) is 40.1 Å². The van der Waals surface area contributed by atoms with Gasteiger partial charge in [-0.25, -0.2) is 4.98 Å². The Hall–Kier alpha value is -3.56. The largest absolute Gasteiger partial charge is 0.376 e. The van der Waals surface area contributed by atoms with Gasteiger partial charge in [0.25, 0.3) is 11.8 Å². The second-order valence-corrected chi connectivity index (χ2v) is 9.23. The van der Waals surface area contributed by atoms with Crippen LogP contribution in [0.3, 0.4) is 0 Å². The van der Waals surface area contributed by atoms with Crippen molar-refractivity contribution in [1.29, 1.82) is 0 Å². The number of carbonyl (C=O) groups excluding carboxylic acids is 2. The zero-order valence-electron chi connectivity index (χ0n) is 19.0. The van der Waals surface area contributed by atoms with Gasteiger partial charge < -0.3 is 15.4 Å². The highest BCUT2D eigenvalue weighted by Gasteiger charge is 2.22.